The van der Waals surface area contributed by atoms with Gasteiger partial charge in [-0.1, -0.05) is 24.3 Å². The van der Waals surface area contributed by atoms with Gasteiger partial charge in [0.1, 0.15) is 11.4 Å². The molecule has 1 heterocycles. The molecule has 0 fully saturated rings. The lowest BCUT2D eigenvalue weighted by Gasteiger charge is -2.11. The van der Waals surface area contributed by atoms with E-state index in [1.807, 2.05) is 54.6 Å². The van der Waals surface area contributed by atoms with Gasteiger partial charge >= 0.3 is 0 Å². The number of carbonyl (C=O) groups excluding carboxylic acids is 2. The second-order valence-electron chi connectivity index (χ2n) is 7.63. The Kier molecular flexibility index (Phi) is 6.22. The number of anilines is 1. The molecule has 0 radical (unpaired) electrons. The molecule has 3 aromatic carbocycles. The number of para-hydroxylation sites is 1. The SMILES string of the molecule is COc1ccc(-c2nn(-c3ccccc3)cc2C(=O)Nc2cccc(C(=O)N(C)C)c2)cc1. The zero-order chi connectivity index (χ0) is 23.4. The smallest absolute Gasteiger partial charge is 0.259 e. The van der Waals surface area contributed by atoms with Crippen molar-refractivity contribution in [2.75, 3.05) is 26.5 Å². The van der Waals surface area contributed by atoms with E-state index in [1.54, 1.807) is 56.3 Å². The first-order valence-corrected chi connectivity index (χ1v) is 10.4. The molecule has 0 saturated carbocycles. The fourth-order valence-electron chi connectivity index (χ4n) is 3.40. The average molecular weight is 441 g/mol. The van der Waals surface area contributed by atoms with Crippen molar-refractivity contribution >= 4 is 17.5 Å². The molecule has 7 nitrogen and oxygen atoms in total. The van der Waals surface area contributed by atoms with Crippen molar-refractivity contribution in [3.8, 4) is 22.7 Å². The summed E-state index contributed by atoms with van der Waals surface area (Å²) in [5.41, 5.74) is 3.60. The molecule has 0 bridgehead atoms. The Labute approximate surface area is 192 Å². The Morgan fingerprint density at radius 1 is 0.939 bits per heavy atom. The Morgan fingerprint density at radius 3 is 2.33 bits per heavy atom. The summed E-state index contributed by atoms with van der Waals surface area (Å²) in [5.74, 6) is 0.258. The van der Waals surface area contributed by atoms with Crippen LogP contribution in [0.2, 0.25) is 0 Å². The number of rotatable bonds is 6. The predicted molar refractivity (Wildman–Crippen MR) is 128 cm³/mol. The summed E-state index contributed by atoms with van der Waals surface area (Å²) in [6, 6.07) is 23.8. The van der Waals surface area contributed by atoms with Gasteiger partial charge in [-0.2, -0.15) is 5.10 Å². The van der Waals surface area contributed by atoms with Crippen molar-refractivity contribution in [2.45, 2.75) is 0 Å². The first kappa shape index (κ1) is 21.8. The van der Waals surface area contributed by atoms with E-state index in [1.165, 1.54) is 4.90 Å². The first-order chi connectivity index (χ1) is 16.0. The summed E-state index contributed by atoms with van der Waals surface area (Å²) in [5, 5.41) is 7.59. The number of hydrogen-bond donors (Lipinski definition) is 1. The molecule has 7 heteroatoms. The molecule has 0 aliphatic rings. The highest BCUT2D eigenvalue weighted by atomic mass is 16.5. The van der Waals surface area contributed by atoms with E-state index in [0.29, 0.717) is 22.5 Å². The van der Waals surface area contributed by atoms with E-state index in [4.69, 9.17) is 9.84 Å². The van der Waals surface area contributed by atoms with Crippen molar-refractivity contribution in [1.29, 1.82) is 0 Å². The van der Waals surface area contributed by atoms with Gasteiger partial charge < -0.3 is 15.0 Å². The average Bonchev–Trinajstić information content (AvgIpc) is 3.30. The Balaban J connectivity index is 1.71. The number of aromatic nitrogens is 2. The molecule has 1 aromatic heterocycles. The van der Waals surface area contributed by atoms with Crippen LogP contribution in [0, 0.1) is 0 Å². The molecular weight excluding hydrogens is 416 g/mol. The van der Waals surface area contributed by atoms with Crippen LogP contribution in [0.15, 0.2) is 85.1 Å². The third-order valence-electron chi connectivity index (χ3n) is 5.12. The molecule has 4 aromatic rings. The van der Waals surface area contributed by atoms with Crippen LogP contribution in [-0.2, 0) is 0 Å². The van der Waals surface area contributed by atoms with E-state index < -0.39 is 0 Å². The maximum absolute atomic E-state index is 13.3. The standard InChI is InChI=1S/C26H24N4O3/c1-29(2)26(32)19-8-7-9-20(16-19)27-25(31)23-17-30(21-10-5-4-6-11-21)28-24(23)18-12-14-22(33-3)15-13-18/h4-17H,1-3H3,(H,27,31). The predicted octanol–water partition coefficient (Wildman–Crippen LogP) is 4.50. The maximum Gasteiger partial charge on any atom is 0.259 e. The van der Waals surface area contributed by atoms with Gasteiger partial charge in [-0.05, 0) is 54.6 Å². The van der Waals surface area contributed by atoms with E-state index in [-0.39, 0.29) is 11.8 Å². The van der Waals surface area contributed by atoms with Crippen LogP contribution in [0.3, 0.4) is 0 Å². The topological polar surface area (TPSA) is 76.5 Å². The number of nitrogens with zero attached hydrogens (tertiary/aromatic N) is 3. The lowest BCUT2D eigenvalue weighted by atomic mass is 10.1. The van der Waals surface area contributed by atoms with Gasteiger partial charge in [0.25, 0.3) is 11.8 Å². The molecule has 0 atom stereocenters. The van der Waals surface area contributed by atoms with Gasteiger partial charge in [-0.15, -0.1) is 0 Å². The summed E-state index contributed by atoms with van der Waals surface area (Å²) >= 11 is 0. The van der Waals surface area contributed by atoms with Crippen molar-refractivity contribution < 1.29 is 14.3 Å². The van der Waals surface area contributed by atoms with Gasteiger partial charge in [-0.3, -0.25) is 9.59 Å². The van der Waals surface area contributed by atoms with E-state index >= 15 is 0 Å². The molecule has 4 rings (SSSR count). The molecule has 0 aliphatic carbocycles. The van der Waals surface area contributed by atoms with Gasteiger partial charge in [0.15, 0.2) is 0 Å². The number of benzene rings is 3. The summed E-state index contributed by atoms with van der Waals surface area (Å²) in [7, 11) is 4.98. The Bertz CT molecular complexity index is 1280. The first-order valence-electron chi connectivity index (χ1n) is 10.4. The van der Waals surface area contributed by atoms with Crippen molar-refractivity contribution in [3.05, 3.63) is 96.2 Å². The summed E-state index contributed by atoms with van der Waals surface area (Å²) in [6.07, 6.45) is 1.71. The molecule has 0 spiro atoms. The Morgan fingerprint density at radius 2 is 1.67 bits per heavy atom. The van der Waals surface area contributed by atoms with Crippen LogP contribution in [0.4, 0.5) is 5.69 Å². The highest BCUT2D eigenvalue weighted by Gasteiger charge is 2.19. The van der Waals surface area contributed by atoms with Crippen LogP contribution >= 0.6 is 0 Å². The quantitative estimate of drug-likeness (QED) is 0.479. The fourth-order valence-corrected chi connectivity index (χ4v) is 3.40. The normalized spacial score (nSPS) is 10.5. The minimum Gasteiger partial charge on any atom is -0.497 e. The number of nitrogens with one attached hydrogen (secondary N) is 1. The molecule has 1 N–H and O–H groups in total. The zero-order valence-corrected chi connectivity index (χ0v) is 18.6. The van der Waals surface area contributed by atoms with Gasteiger partial charge in [-0.25, -0.2) is 4.68 Å². The molecule has 0 saturated heterocycles. The van der Waals surface area contributed by atoms with Gasteiger partial charge in [0.2, 0.25) is 0 Å². The van der Waals surface area contributed by atoms with Crippen molar-refractivity contribution in [3.63, 3.8) is 0 Å². The number of carbonyl (C=O) groups is 2. The highest BCUT2D eigenvalue weighted by molar-refractivity contribution is 6.08. The second-order valence-corrected chi connectivity index (χ2v) is 7.63. The monoisotopic (exact) mass is 440 g/mol. The summed E-state index contributed by atoms with van der Waals surface area (Å²) < 4.78 is 6.93. The molecule has 166 valence electrons. The van der Waals surface area contributed by atoms with Crippen LogP contribution < -0.4 is 10.1 Å². The van der Waals surface area contributed by atoms with Crippen LogP contribution in [-0.4, -0.2) is 47.7 Å². The number of ether oxygens (including phenoxy) is 1. The molecule has 0 unspecified atom stereocenters. The maximum atomic E-state index is 13.3. The third kappa shape index (κ3) is 4.77. The van der Waals surface area contributed by atoms with E-state index in [2.05, 4.69) is 5.32 Å². The van der Waals surface area contributed by atoms with E-state index in [0.717, 1.165) is 17.0 Å². The minimum atomic E-state index is -0.322. The minimum absolute atomic E-state index is 0.137. The van der Waals surface area contributed by atoms with Crippen molar-refractivity contribution in [1.82, 2.24) is 14.7 Å². The van der Waals surface area contributed by atoms with Crippen molar-refractivity contribution in [2.24, 2.45) is 0 Å². The molecule has 0 aliphatic heterocycles. The number of hydrogen-bond acceptors (Lipinski definition) is 4. The largest absolute Gasteiger partial charge is 0.497 e. The molecule has 33 heavy (non-hydrogen) atoms. The van der Waals surface area contributed by atoms with E-state index in [9.17, 15) is 9.59 Å². The number of methoxy groups -OCH3 is 1. The lowest BCUT2D eigenvalue weighted by molar-refractivity contribution is 0.0827. The lowest BCUT2D eigenvalue weighted by Crippen LogP contribution is -2.22. The fraction of sp³-hybridized carbons (Fsp3) is 0.115. The van der Waals surface area contributed by atoms with Crippen LogP contribution in [0.1, 0.15) is 20.7 Å². The second kappa shape index (κ2) is 9.40. The molecule has 2 amide bonds. The zero-order valence-electron chi connectivity index (χ0n) is 18.6. The van der Waals surface area contributed by atoms with Gasteiger partial charge in [0, 0.05) is 37.1 Å². The Hall–Kier alpha value is -4.39. The van der Waals surface area contributed by atoms with Crippen LogP contribution in [0.5, 0.6) is 5.75 Å². The number of amides is 2. The molecular formula is C26H24N4O3. The van der Waals surface area contributed by atoms with Gasteiger partial charge in [0.05, 0.1) is 18.4 Å². The highest BCUT2D eigenvalue weighted by Crippen LogP contribution is 2.27. The summed E-state index contributed by atoms with van der Waals surface area (Å²) in [4.78, 5) is 27.1. The summed E-state index contributed by atoms with van der Waals surface area (Å²) in [6.45, 7) is 0. The van der Waals surface area contributed by atoms with Crippen LogP contribution in [0.25, 0.3) is 16.9 Å². The third-order valence-corrected chi connectivity index (χ3v) is 5.12.